The first-order chi connectivity index (χ1) is 8.06. The van der Waals surface area contributed by atoms with Crippen molar-refractivity contribution in [2.75, 3.05) is 33.0 Å². The second kappa shape index (κ2) is 6.20. The number of aromatic nitrogens is 1. The molecule has 0 aliphatic carbocycles. The van der Waals surface area contributed by atoms with Crippen LogP contribution in [-0.4, -0.2) is 43.1 Å². The summed E-state index contributed by atoms with van der Waals surface area (Å²) in [5.41, 5.74) is 7.39. The molecule has 0 spiro atoms. The van der Waals surface area contributed by atoms with Crippen LogP contribution < -0.4 is 5.73 Å². The first kappa shape index (κ1) is 13.4. The number of carbonyl (C=O) groups is 1. The molecule has 0 aromatic carbocycles. The van der Waals surface area contributed by atoms with Gasteiger partial charge in [-0.15, -0.1) is 0 Å². The van der Waals surface area contributed by atoms with E-state index in [4.69, 9.17) is 10.5 Å². The van der Waals surface area contributed by atoms with E-state index in [2.05, 4.69) is 4.98 Å². The maximum atomic E-state index is 12.1. The van der Waals surface area contributed by atoms with Crippen LogP contribution in [0.2, 0.25) is 0 Å². The topological polar surface area (TPSA) is 68.5 Å². The fourth-order valence-corrected chi connectivity index (χ4v) is 1.52. The van der Waals surface area contributed by atoms with Crippen molar-refractivity contribution >= 4 is 11.6 Å². The molecule has 0 bridgehead atoms. The van der Waals surface area contributed by atoms with E-state index < -0.39 is 0 Å². The molecule has 5 nitrogen and oxygen atoms in total. The molecule has 1 heterocycles. The molecule has 1 amide bonds. The highest BCUT2D eigenvalue weighted by molar-refractivity contribution is 5.95. The quantitative estimate of drug-likeness (QED) is 0.778. The van der Waals surface area contributed by atoms with Gasteiger partial charge in [0.2, 0.25) is 0 Å². The number of ether oxygens (including phenoxy) is 1. The summed E-state index contributed by atoms with van der Waals surface area (Å²) in [5, 5.41) is 0. The molecule has 0 saturated heterocycles. The van der Waals surface area contributed by atoms with Crippen molar-refractivity contribution in [1.29, 1.82) is 0 Å². The maximum absolute atomic E-state index is 12.1. The van der Waals surface area contributed by atoms with Crippen molar-refractivity contribution in [3.63, 3.8) is 0 Å². The maximum Gasteiger partial charge on any atom is 0.255 e. The van der Waals surface area contributed by atoms with Crippen molar-refractivity contribution in [3.8, 4) is 0 Å². The Balaban J connectivity index is 2.71. The van der Waals surface area contributed by atoms with E-state index in [1.54, 1.807) is 38.2 Å². The van der Waals surface area contributed by atoms with Crippen LogP contribution in [0.3, 0.4) is 0 Å². The molecule has 0 aliphatic rings. The molecular formula is C12H19N3O2. The molecular weight excluding hydrogens is 218 g/mol. The van der Waals surface area contributed by atoms with Crippen LogP contribution in [0.15, 0.2) is 12.3 Å². The lowest BCUT2D eigenvalue weighted by Crippen LogP contribution is -2.29. The molecule has 2 N–H and O–H groups in total. The van der Waals surface area contributed by atoms with Gasteiger partial charge in [0.1, 0.15) is 0 Å². The molecule has 94 valence electrons. The van der Waals surface area contributed by atoms with Gasteiger partial charge in [0, 0.05) is 27.3 Å². The van der Waals surface area contributed by atoms with Gasteiger partial charge in [-0.1, -0.05) is 0 Å². The van der Waals surface area contributed by atoms with Gasteiger partial charge in [-0.05, 0) is 19.4 Å². The van der Waals surface area contributed by atoms with Crippen LogP contribution >= 0.6 is 0 Å². The number of carbonyl (C=O) groups excluding carboxylic acids is 1. The molecule has 0 radical (unpaired) electrons. The van der Waals surface area contributed by atoms with E-state index in [-0.39, 0.29) is 5.91 Å². The number of hydrogen-bond donors (Lipinski definition) is 1. The molecule has 0 saturated carbocycles. The molecule has 0 aliphatic heterocycles. The van der Waals surface area contributed by atoms with Crippen LogP contribution in [-0.2, 0) is 4.74 Å². The fraction of sp³-hybridized carbons (Fsp3) is 0.500. The SMILES string of the molecule is COCCCN(C)C(=O)c1cc(N)cnc1C. The van der Waals surface area contributed by atoms with Gasteiger partial charge in [-0.25, -0.2) is 0 Å². The van der Waals surface area contributed by atoms with Crippen molar-refractivity contribution < 1.29 is 9.53 Å². The summed E-state index contributed by atoms with van der Waals surface area (Å²) in [5.74, 6) is -0.0570. The van der Waals surface area contributed by atoms with Crippen molar-refractivity contribution in [2.24, 2.45) is 0 Å². The van der Waals surface area contributed by atoms with Gasteiger partial charge >= 0.3 is 0 Å². The van der Waals surface area contributed by atoms with Crippen molar-refractivity contribution in [1.82, 2.24) is 9.88 Å². The molecule has 5 heteroatoms. The monoisotopic (exact) mass is 237 g/mol. The number of nitrogens with two attached hydrogens (primary N) is 1. The molecule has 0 fully saturated rings. The Kier molecular flexibility index (Phi) is 4.90. The Morgan fingerprint density at radius 1 is 1.59 bits per heavy atom. The number of rotatable bonds is 5. The van der Waals surface area contributed by atoms with E-state index in [1.807, 2.05) is 0 Å². The molecule has 1 rings (SSSR count). The Labute approximate surface area is 102 Å². The zero-order valence-corrected chi connectivity index (χ0v) is 10.6. The molecule has 0 atom stereocenters. The lowest BCUT2D eigenvalue weighted by atomic mass is 10.1. The zero-order valence-electron chi connectivity index (χ0n) is 10.6. The van der Waals surface area contributed by atoms with E-state index in [1.165, 1.54) is 0 Å². The van der Waals surface area contributed by atoms with Gasteiger partial charge in [0.15, 0.2) is 0 Å². The normalized spacial score (nSPS) is 10.3. The van der Waals surface area contributed by atoms with Crippen LogP contribution in [0.1, 0.15) is 22.5 Å². The smallest absolute Gasteiger partial charge is 0.255 e. The summed E-state index contributed by atoms with van der Waals surface area (Å²) < 4.78 is 4.95. The molecule has 0 unspecified atom stereocenters. The number of methoxy groups -OCH3 is 1. The molecule has 1 aromatic rings. The minimum atomic E-state index is -0.0570. The fourth-order valence-electron chi connectivity index (χ4n) is 1.52. The van der Waals surface area contributed by atoms with Gasteiger partial charge in [-0.3, -0.25) is 9.78 Å². The summed E-state index contributed by atoms with van der Waals surface area (Å²) in [6.45, 7) is 3.10. The van der Waals surface area contributed by atoms with E-state index in [0.29, 0.717) is 30.1 Å². The second-order valence-corrected chi connectivity index (χ2v) is 3.97. The third kappa shape index (κ3) is 3.71. The predicted molar refractivity (Wildman–Crippen MR) is 66.8 cm³/mol. The van der Waals surface area contributed by atoms with Gasteiger partial charge in [0.05, 0.1) is 23.1 Å². The highest BCUT2D eigenvalue weighted by atomic mass is 16.5. The summed E-state index contributed by atoms with van der Waals surface area (Å²) in [4.78, 5) is 17.8. The van der Waals surface area contributed by atoms with Crippen LogP contribution in [0.5, 0.6) is 0 Å². The minimum absolute atomic E-state index is 0.0570. The first-order valence-electron chi connectivity index (χ1n) is 5.52. The van der Waals surface area contributed by atoms with Gasteiger partial charge in [0.25, 0.3) is 5.91 Å². The van der Waals surface area contributed by atoms with Crippen LogP contribution in [0.4, 0.5) is 5.69 Å². The standard InChI is InChI=1S/C12H19N3O2/c1-9-11(7-10(13)8-14-9)12(16)15(2)5-4-6-17-3/h7-8H,4-6,13H2,1-3H3. The van der Waals surface area contributed by atoms with Gasteiger partial charge in [-0.2, -0.15) is 0 Å². The van der Waals surface area contributed by atoms with Crippen LogP contribution in [0, 0.1) is 6.92 Å². The van der Waals surface area contributed by atoms with E-state index in [0.717, 1.165) is 6.42 Å². The second-order valence-electron chi connectivity index (χ2n) is 3.97. The Morgan fingerprint density at radius 2 is 2.29 bits per heavy atom. The van der Waals surface area contributed by atoms with Crippen molar-refractivity contribution in [3.05, 3.63) is 23.5 Å². The zero-order chi connectivity index (χ0) is 12.8. The largest absolute Gasteiger partial charge is 0.397 e. The average Bonchev–Trinajstić information content (AvgIpc) is 2.31. The summed E-state index contributed by atoms with van der Waals surface area (Å²) in [6.07, 6.45) is 2.37. The number of nitrogen functional groups attached to an aromatic ring is 1. The molecule has 1 aromatic heterocycles. The number of aryl methyl sites for hydroxylation is 1. The molecule has 17 heavy (non-hydrogen) atoms. The third-order valence-corrected chi connectivity index (χ3v) is 2.53. The Bertz CT molecular complexity index is 393. The van der Waals surface area contributed by atoms with E-state index in [9.17, 15) is 4.79 Å². The highest BCUT2D eigenvalue weighted by Gasteiger charge is 2.14. The Morgan fingerprint density at radius 3 is 2.94 bits per heavy atom. The number of nitrogens with zero attached hydrogens (tertiary/aromatic N) is 2. The summed E-state index contributed by atoms with van der Waals surface area (Å²) in [7, 11) is 3.41. The Hall–Kier alpha value is -1.62. The van der Waals surface area contributed by atoms with Crippen molar-refractivity contribution in [2.45, 2.75) is 13.3 Å². The first-order valence-corrected chi connectivity index (χ1v) is 5.52. The summed E-state index contributed by atoms with van der Waals surface area (Å²) in [6, 6.07) is 1.66. The third-order valence-electron chi connectivity index (χ3n) is 2.53. The number of hydrogen-bond acceptors (Lipinski definition) is 4. The van der Waals surface area contributed by atoms with E-state index >= 15 is 0 Å². The minimum Gasteiger partial charge on any atom is -0.397 e. The predicted octanol–water partition coefficient (Wildman–Crippen LogP) is 1.08. The average molecular weight is 237 g/mol. The van der Waals surface area contributed by atoms with Crippen LogP contribution in [0.25, 0.3) is 0 Å². The lowest BCUT2D eigenvalue weighted by molar-refractivity contribution is 0.0778. The number of amides is 1. The van der Waals surface area contributed by atoms with Gasteiger partial charge < -0.3 is 15.4 Å². The number of pyridine rings is 1. The number of anilines is 1. The highest BCUT2D eigenvalue weighted by Crippen LogP contribution is 2.11. The lowest BCUT2D eigenvalue weighted by Gasteiger charge is -2.18. The summed E-state index contributed by atoms with van der Waals surface area (Å²) >= 11 is 0.